The van der Waals surface area contributed by atoms with Gasteiger partial charge in [0, 0.05) is 39.2 Å². The third-order valence-corrected chi connectivity index (χ3v) is 6.50. The summed E-state index contributed by atoms with van der Waals surface area (Å²) in [5.41, 5.74) is 7.51. The van der Waals surface area contributed by atoms with Crippen LogP contribution >= 0.6 is 11.3 Å². The third-order valence-electron chi connectivity index (χ3n) is 5.42. The molecule has 1 unspecified atom stereocenters. The second-order valence-corrected chi connectivity index (χ2v) is 10.4. The molecule has 1 aromatic carbocycles. The molecule has 7 nitrogen and oxygen atoms in total. The highest BCUT2D eigenvalue weighted by Crippen LogP contribution is 2.37. The second-order valence-electron chi connectivity index (χ2n) is 9.41. The average Bonchev–Trinajstić information content (AvgIpc) is 3.08. The summed E-state index contributed by atoms with van der Waals surface area (Å²) in [7, 11) is 0. The van der Waals surface area contributed by atoms with E-state index in [1.807, 2.05) is 17.0 Å². The summed E-state index contributed by atoms with van der Waals surface area (Å²) in [6.07, 6.45) is 2.15. The average molecular weight is 433 g/mol. The normalized spacial score (nSPS) is 16.0. The minimum atomic E-state index is 0.131. The summed E-state index contributed by atoms with van der Waals surface area (Å²) in [4.78, 5) is 20.5. The van der Waals surface area contributed by atoms with Gasteiger partial charge in [-0.2, -0.15) is 5.53 Å². The van der Waals surface area contributed by atoms with Crippen LogP contribution in [0, 0.1) is 11.3 Å². The zero-order chi connectivity index (χ0) is 21.9. The number of aromatic nitrogens is 1. The van der Waals surface area contributed by atoms with Gasteiger partial charge in [0.25, 0.3) is 0 Å². The van der Waals surface area contributed by atoms with Crippen LogP contribution in [0.25, 0.3) is 10.2 Å². The van der Waals surface area contributed by atoms with E-state index in [9.17, 15) is 4.79 Å². The van der Waals surface area contributed by atoms with Crippen LogP contribution in [0.1, 0.15) is 47.5 Å². The summed E-state index contributed by atoms with van der Waals surface area (Å²) in [5.74, 6) is 1.41. The fourth-order valence-electron chi connectivity index (χ4n) is 4.01. The van der Waals surface area contributed by atoms with Crippen molar-refractivity contribution < 1.29 is 15.1 Å². The molecule has 1 fully saturated rings. The van der Waals surface area contributed by atoms with E-state index >= 15 is 0 Å². The Labute approximate surface area is 182 Å². The van der Waals surface area contributed by atoms with Crippen molar-refractivity contribution in [2.75, 3.05) is 37.7 Å². The largest absolute Gasteiger partial charge is 0.491 e. The summed E-state index contributed by atoms with van der Waals surface area (Å²) in [6.45, 7) is 14.4. The van der Waals surface area contributed by atoms with E-state index in [0.29, 0.717) is 29.4 Å². The standard InChI is InChI=1S/C22H33N5O2S/c1-15(14-22(3,4)5)6-11-29-19-12-18-20(13-17(19)25-23)30-21(24-18)27-9-7-26(8-10-27)16(2)28/h12-13,15,23H,6-11,14H2,1-5H3/p+1. The van der Waals surface area contributed by atoms with Crippen LogP contribution < -0.4 is 15.2 Å². The van der Waals surface area contributed by atoms with Crippen molar-refractivity contribution in [3.63, 3.8) is 0 Å². The Bertz CT molecular complexity index is 897. The van der Waals surface area contributed by atoms with Gasteiger partial charge >= 0.3 is 0 Å². The fraction of sp³-hybridized carbons (Fsp3) is 0.636. The van der Waals surface area contributed by atoms with Crippen LogP contribution in [0.15, 0.2) is 17.2 Å². The van der Waals surface area contributed by atoms with E-state index in [1.54, 1.807) is 18.3 Å². The number of anilines is 1. The molecule has 1 saturated heterocycles. The first-order valence-electron chi connectivity index (χ1n) is 10.6. The van der Waals surface area contributed by atoms with Crippen molar-refractivity contribution in [3.05, 3.63) is 12.1 Å². The van der Waals surface area contributed by atoms with Gasteiger partial charge in [-0.25, -0.2) is 4.98 Å². The highest BCUT2D eigenvalue weighted by atomic mass is 32.1. The second kappa shape index (κ2) is 9.29. The molecular weight excluding hydrogens is 398 g/mol. The lowest BCUT2D eigenvalue weighted by atomic mass is 9.84. The number of nitrogens with zero attached hydrogens (tertiary/aromatic N) is 4. The van der Waals surface area contributed by atoms with Gasteiger partial charge in [0.2, 0.25) is 5.91 Å². The molecule has 1 amide bonds. The lowest BCUT2D eigenvalue weighted by Crippen LogP contribution is -2.48. The number of thiazole rings is 1. The maximum absolute atomic E-state index is 11.5. The molecule has 0 spiro atoms. The number of benzene rings is 1. The Balaban J connectivity index is 1.68. The number of carbonyl (C=O) groups is 1. The molecule has 0 saturated carbocycles. The lowest BCUT2D eigenvalue weighted by Gasteiger charge is -2.33. The molecule has 8 heteroatoms. The predicted octanol–water partition coefficient (Wildman–Crippen LogP) is 3.65. The van der Waals surface area contributed by atoms with Crippen molar-refractivity contribution in [2.24, 2.45) is 16.4 Å². The van der Waals surface area contributed by atoms with E-state index in [-0.39, 0.29) is 5.91 Å². The predicted molar refractivity (Wildman–Crippen MR) is 121 cm³/mol. The Morgan fingerprint density at radius 1 is 1.30 bits per heavy atom. The molecule has 1 atom stereocenters. The highest BCUT2D eigenvalue weighted by Gasteiger charge is 2.22. The minimum Gasteiger partial charge on any atom is -0.491 e. The number of piperazine rings is 1. The molecule has 0 bridgehead atoms. The van der Waals surface area contributed by atoms with Crippen LogP contribution in [0.5, 0.6) is 5.75 Å². The van der Waals surface area contributed by atoms with Crippen LogP contribution in [0.4, 0.5) is 10.8 Å². The SMILES string of the molecule is CC(=O)N1CCN(c2nc3cc(OCCC(C)CC(C)(C)C)c(N=[NH2+])cc3s2)CC1. The van der Waals surface area contributed by atoms with E-state index in [2.05, 4.69) is 37.7 Å². The van der Waals surface area contributed by atoms with Gasteiger partial charge in [0.05, 0.1) is 16.8 Å². The molecular formula is C22H34N5O2S+. The summed E-state index contributed by atoms with van der Waals surface area (Å²) < 4.78 is 7.09. The molecule has 0 aliphatic carbocycles. The van der Waals surface area contributed by atoms with Crippen molar-refractivity contribution in [2.45, 2.75) is 47.5 Å². The van der Waals surface area contributed by atoms with Crippen LogP contribution in [-0.2, 0) is 4.79 Å². The molecule has 3 rings (SSSR count). The molecule has 164 valence electrons. The van der Waals surface area contributed by atoms with E-state index in [0.717, 1.165) is 54.4 Å². The van der Waals surface area contributed by atoms with Gasteiger partial charge in [0.1, 0.15) is 0 Å². The zero-order valence-corrected chi connectivity index (χ0v) is 19.6. The van der Waals surface area contributed by atoms with Crippen molar-refractivity contribution in [1.29, 1.82) is 0 Å². The summed E-state index contributed by atoms with van der Waals surface area (Å²) in [6, 6.07) is 3.90. The Morgan fingerprint density at radius 2 is 2.00 bits per heavy atom. The summed E-state index contributed by atoms with van der Waals surface area (Å²) >= 11 is 1.63. The first-order chi connectivity index (χ1) is 14.2. The zero-order valence-electron chi connectivity index (χ0n) is 18.8. The van der Waals surface area contributed by atoms with Crippen LogP contribution in [0.3, 0.4) is 0 Å². The van der Waals surface area contributed by atoms with Gasteiger partial charge < -0.3 is 14.5 Å². The van der Waals surface area contributed by atoms with Gasteiger partial charge in [-0.3, -0.25) is 4.79 Å². The molecule has 30 heavy (non-hydrogen) atoms. The van der Waals surface area contributed by atoms with Gasteiger partial charge in [0.15, 0.2) is 16.6 Å². The molecule has 2 N–H and O–H groups in total. The maximum Gasteiger partial charge on any atom is 0.219 e. The monoisotopic (exact) mass is 432 g/mol. The van der Waals surface area contributed by atoms with Gasteiger partial charge in [-0.15, -0.1) is 0 Å². The number of nitrogens with two attached hydrogens (primary N) is 1. The lowest BCUT2D eigenvalue weighted by molar-refractivity contribution is -0.210. The quantitative estimate of drug-likeness (QED) is 0.677. The smallest absolute Gasteiger partial charge is 0.219 e. The van der Waals surface area contributed by atoms with Gasteiger partial charge in [-0.1, -0.05) is 39.0 Å². The molecule has 0 radical (unpaired) electrons. The first-order valence-corrected chi connectivity index (χ1v) is 11.5. The Kier molecular flexibility index (Phi) is 6.95. The van der Waals surface area contributed by atoms with E-state index < -0.39 is 0 Å². The third kappa shape index (κ3) is 5.68. The Morgan fingerprint density at radius 3 is 2.60 bits per heavy atom. The van der Waals surface area contributed by atoms with Crippen molar-refractivity contribution in [3.8, 4) is 5.75 Å². The van der Waals surface area contributed by atoms with Crippen LogP contribution in [0.2, 0.25) is 0 Å². The first kappa shape index (κ1) is 22.5. The number of fused-ring (bicyclic) bond motifs is 1. The fourth-order valence-corrected chi connectivity index (χ4v) is 5.05. The van der Waals surface area contributed by atoms with E-state index in [4.69, 9.17) is 15.3 Å². The molecule has 1 aliphatic rings. The highest BCUT2D eigenvalue weighted by molar-refractivity contribution is 7.22. The molecule has 2 heterocycles. The van der Waals surface area contributed by atoms with E-state index in [1.165, 1.54) is 0 Å². The molecule has 2 aromatic rings. The number of hydrogen-bond donors (Lipinski definition) is 1. The number of hydrogen-bond acceptors (Lipinski definition) is 6. The summed E-state index contributed by atoms with van der Waals surface area (Å²) in [5, 5.41) is 4.89. The minimum absolute atomic E-state index is 0.131. The van der Waals surface area contributed by atoms with Crippen LogP contribution in [-0.4, -0.2) is 48.6 Å². The number of amides is 1. The number of rotatable bonds is 7. The number of ether oxygens (including phenoxy) is 1. The molecule has 1 aliphatic heterocycles. The Hall–Kier alpha value is -2.22. The molecule has 1 aromatic heterocycles. The van der Waals surface area contributed by atoms with Crippen molar-refractivity contribution >= 4 is 38.3 Å². The van der Waals surface area contributed by atoms with Gasteiger partial charge in [-0.05, 0) is 35.4 Å². The number of carbonyl (C=O) groups excluding carboxylic acids is 1. The maximum atomic E-state index is 11.5. The van der Waals surface area contributed by atoms with Crippen molar-refractivity contribution in [1.82, 2.24) is 9.88 Å². The topological polar surface area (TPSA) is 83.6 Å².